The first-order chi connectivity index (χ1) is 9.71. The number of carbonyl (C=O) groups is 1. The maximum Gasteiger partial charge on any atom is 0.407 e. The fourth-order valence-electron chi connectivity index (χ4n) is 1.63. The normalized spacial score (nSPS) is 9.95. The molecular weight excluding hydrogens is 262 g/mol. The van der Waals surface area contributed by atoms with Gasteiger partial charge in [0.05, 0.1) is 20.8 Å². The maximum absolute atomic E-state index is 11.3. The Labute approximate surface area is 118 Å². The number of ether oxygens (including phenoxy) is 3. The molecule has 6 nitrogen and oxygen atoms in total. The SMILES string of the molecule is COc1ccc(CCNC(=O)OCCCO)cc1OC. The van der Waals surface area contributed by atoms with Gasteiger partial charge in [0.25, 0.3) is 0 Å². The van der Waals surface area contributed by atoms with Crippen molar-refractivity contribution >= 4 is 6.09 Å². The molecule has 0 saturated heterocycles. The number of methoxy groups -OCH3 is 2. The van der Waals surface area contributed by atoms with E-state index in [9.17, 15) is 4.79 Å². The molecular formula is C14H21NO5. The van der Waals surface area contributed by atoms with Gasteiger partial charge >= 0.3 is 6.09 Å². The van der Waals surface area contributed by atoms with Crippen molar-refractivity contribution in [1.29, 1.82) is 0 Å². The molecule has 1 aromatic carbocycles. The van der Waals surface area contributed by atoms with Crippen LogP contribution in [0, 0.1) is 0 Å². The lowest BCUT2D eigenvalue weighted by atomic mass is 10.1. The quantitative estimate of drug-likeness (QED) is 0.704. The highest BCUT2D eigenvalue weighted by Gasteiger charge is 2.05. The molecule has 0 fully saturated rings. The number of carbonyl (C=O) groups excluding carboxylic acids is 1. The van der Waals surface area contributed by atoms with Crippen LogP contribution in [0.1, 0.15) is 12.0 Å². The summed E-state index contributed by atoms with van der Waals surface area (Å²) in [5.74, 6) is 1.34. The van der Waals surface area contributed by atoms with Crippen LogP contribution in [0.15, 0.2) is 18.2 Å². The van der Waals surface area contributed by atoms with Crippen molar-refractivity contribution in [1.82, 2.24) is 5.32 Å². The first-order valence-corrected chi connectivity index (χ1v) is 6.43. The number of alkyl carbamates (subject to hydrolysis) is 1. The van der Waals surface area contributed by atoms with Gasteiger partial charge in [-0.2, -0.15) is 0 Å². The van der Waals surface area contributed by atoms with Crippen LogP contribution in [0.25, 0.3) is 0 Å². The van der Waals surface area contributed by atoms with Gasteiger partial charge in [-0.1, -0.05) is 6.07 Å². The zero-order valence-corrected chi connectivity index (χ0v) is 11.8. The van der Waals surface area contributed by atoms with Gasteiger partial charge in [-0.3, -0.25) is 0 Å². The van der Waals surface area contributed by atoms with Gasteiger partial charge in [0.1, 0.15) is 0 Å². The minimum atomic E-state index is -0.473. The Morgan fingerprint density at radius 1 is 1.25 bits per heavy atom. The summed E-state index contributed by atoms with van der Waals surface area (Å²) in [5, 5.41) is 11.2. The van der Waals surface area contributed by atoms with Gasteiger partial charge < -0.3 is 24.6 Å². The highest BCUT2D eigenvalue weighted by atomic mass is 16.5. The van der Waals surface area contributed by atoms with Crippen molar-refractivity contribution < 1.29 is 24.1 Å². The zero-order chi connectivity index (χ0) is 14.8. The van der Waals surface area contributed by atoms with Crippen LogP contribution in [0.4, 0.5) is 4.79 Å². The molecule has 0 aliphatic rings. The van der Waals surface area contributed by atoms with Crippen LogP contribution in [-0.2, 0) is 11.2 Å². The third kappa shape index (κ3) is 5.36. The largest absolute Gasteiger partial charge is 0.493 e. The first kappa shape index (κ1) is 16.1. The van der Waals surface area contributed by atoms with Gasteiger partial charge in [0, 0.05) is 19.6 Å². The molecule has 1 rings (SSSR count). The van der Waals surface area contributed by atoms with Crippen molar-refractivity contribution in [3.8, 4) is 11.5 Å². The van der Waals surface area contributed by atoms with Crippen molar-refractivity contribution in [2.45, 2.75) is 12.8 Å². The topological polar surface area (TPSA) is 77.0 Å². The molecule has 0 aromatic heterocycles. The van der Waals surface area contributed by atoms with Gasteiger partial charge in [0.2, 0.25) is 0 Å². The molecule has 0 radical (unpaired) electrons. The van der Waals surface area contributed by atoms with E-state index in [0.29, 0.717) is 30.9 Å². The summed E-state index contributed by atoms with van der Waals surface area (Å²) >= 11 is 0. The Morgan fingerprint density at radius 3 is 2.65 bits per heavy atom. The van der Waals surface area contributed by atoms with Crippen molar-refractivity contribution in [3.63, 3.8) is 0 Å². The Kier molecular flexibility index (Phi) is 7.27. The molecule has 0 unspecified atom stereocenters. The molecule has 0 spiro atoms. The number of nitrogens with one attached hydrogen (secondary N) is 1. The van der Waals surface area contributed by atoms with Crippen LogP contribution < -0.4 is 14.8 Å². The second kappa shape index (κ2) is 9.03. The smallest absolute Gasteiger partial charge is 0.407 e. The predicted octanol–water partition coefficient (Wildman–Crippen LogP) is 1.35. The fraction of sp³-hybridized carbons (Fsp3) is 0.500. The standard InChI is InChI=1S/C14H21NO5/c1-18-12-5-4-11(10-13(12)19-2)6-7-15-14(17)20-9-3-8-16/h4-5,10,16H,3,6-9H2,1-2H3,(H,15,17). The second-order valence-electron chi connectivity index (χ2n) is 4.08. The van der Waals surface area contributed by atoms with Crippen LogP contribution in [0.5, 0.6) is 11.5 Å². The summed E-state index contributed by atoms with van der Waals surface area (Å²) in [6.07, 6.45) is 0.636. The molecule has 0 bridgehead atoms. The number of rotatable bonds is 8. The van der Waals surface area contributed by atoms with Crippen LogP contribution in [-0.4, -0.2) is 45.2 Å². The number of amides is 1. The van der Waals surface area contributed by atoms with E-state index in [1.54, 1.807) is 14.2 Å². The summed E-state index contributed by atoms with van der Waals surface area (Å²) < 4.78 is 15.2. The van der Waals surface area contributed by atoms with Crippen LogP contribution in [0.3, 0.4) is 0 Å². The van der Waals surface area contributed by atoms with Gasteiger partial charge in [-0.05, 0) is 24.1 Å². The minimum absolute atomic E-state index is 0.0128. The Hall–Kier alpha value is -1.95. The van der Waals surface area contributed by atoms with E-state index >= 15 is 0 Å². The summed E-state index contributed by atoms with van der Waals surface area (Å²) in [7, 11) is 3.17. The summed E-state index contributed by atoms with van der Waals surface area (Å²) in [5.41, 5.74) is 1.03. The molecule has 1 amide bonds. The van der Waals surface area contributed by atoms with Crippen molar-refractivity contribution in [3.05, 3.63) is 23.8 Å². The third-order valence-corrected chi connectivity index (χ3v) is 2.67. The molecule has 0 atom stereocenters. The second-order valence-corrected chi connectivity index (χ2v) is 4.08. The minimum Gasteiger partial charge on any atom is -0.493 e. The lowest BCUT2D eigenvalue weighted by Gasteiger charge is -2.10. The molecule has 2 N–H and O–H groups in total. The maximum atomic E-state index is 11.3. The Morgan fingerprint density at radius 2 is 2.00 bits per heavy atom. The van der Waals surface area contributed by atoms with E-state index in [1.807, 2.05) is 18.2 Å². The molecule has 6 heteroatoms. The van der Waals surface area contributed by atoms with Gasteiger partial charge in [0.15, 0.2) is 11.5 Å². The first-order valence-electron chi connectivity index (χ1n) is 6.43. The predicted molar refractivity (Wildman–Crippen MR) is 74.3 cm³/mol. The fourth-order valence-corrected chi connectivity index (χ4v) is 1.63. The van der Waals surface area contributed by atoms with E-state index in [-0.39, 0.29) is 13.2 Å². The van der Waals surface area contributed by atoms with Crippen molar-refractivity contribution in [2.75, 3.05) is 34.0 Å². The van der Waals surface area contributed by atoms with E-state index in [1.165, 1.54) is 0 Å². The molecule has 112 valence electrons. The average molecular weight is 283 g/mol. The van der Waals surface area contributed by atoms with E-state index < -0.39 is 6.09 Å². The average Bonchev–Trinajstić information content (AvgIpc) is 2.47. The Bertz CT molecular complexity index is 422. The van der Waals surface area contributed by atoms with E-state index in [2.05, 4.69) is 5.32 Å². The molecule has 20 heavy (non-hydrogen) atoms. The Balaban J connectivity index is 2.36. The molecule has 0 aliphatic heterocycles. The van der Waals surface area contributed by atoms with E-state index in [4.69, 9.17) is 19.3 Å². The monoisotopic (exact) mass is 283 g/mol. The number of hydrogen-bond acceptors (Lipinski definition) is 5. The highest BCUT2D eigenvalue weighted by molar-refractivity contribution is 5.67. The van der Waals surface area contributed by atoms with Gasteiger partial charge in [-0.25, -0.2) is 4.79 Å². The van der Waals surface area contributed by atoms with Crippen molar-refractivity contribution in [2.24, 2.45) is 0 Å². The highest BCUT2D eigenvalue weighted by Crippen LogP contribution is 2.27. The molecule has 0 heterocycles. The summed E-state index contributed by atoms with van der Waals surface area (Å²) in [4.78, 5) is 11.3. The lowest BCUT2D eigenvalue weighted by molar-refractivity contribution is 0.135. The van der Waals surface area contributed by atoms with Gasteiger partial charge in [-0.15, -0.1) is 0 Å². The number of aliphatic hydroxyl groups excluding tert-OH is 1. The third-order valence-electron chi connectivity index (χ3n) is 2.67. The van der Waals surface area contributed by atoms with Crippen LogP contribution in [0.2, 0.25) is 0 Å². The zero-order valence-electron chi connectivity index (χ0n) is 11.8. The number of aliphatic hydroxyl groups is 1. The number of benzene rings is 1. The lowest BCUT2D eigenvalue weighted by Crippen LogP contribution is -2.27. The molecule has 0 aliphatic carbocycles. The van der Waals surface area contributed by atoms with Crippen LogP contribution >= 0.6 is 0 Å². The molecule has 0 saturated carbocycles. The number of hydrogen-bond donors (Lipinski definition) is 2. The molecule has 1 aromatic rings. The summed E-state index contributed by atoms with van der Waals surface area (Å²) in [6.45, 7) is 0.699. The summed E-state index contributed by atoms with van der Waals surface area (Å²) in [6, 6.07) is 5.62. The van der Waals surface area contributed by atoms with E-state index in [0.717, 1.165) is 5.56 Å².